The molecule has 3 N–H and O–H groups in total. The van der Waals surface area contributed by atoms with Crippen LogP contribution in [0.2, 0.25) is 0 Å². The zero-order chi connectivity index (χ0) is 24.0. The molecule has 10 heteroatoms. The van der Waals surface area contributed by atoms with Crippen LogP contribution in [-0.4, -0.2) is 31.6 Å². The number of urea groups is 1. The molecule has 9 nitrogen and oxygen atoms in total. The lowest BCUT2D eigenvalue weighted by Gasteiger charge is -2.12. The molecule has 0 saturated carbocycles. The number of fused-ring (bicyclic) bond motifs is 3. The van der Waals surface area contributed by atoms with Crippen molar-refractivity contribution >= 4 is 50.0 Å². The molecule has 5 rings (SSSR count). The molecule has 0 saturated heterocycles. The molecule has 2 aromatic carbocycles. The van der Waals surface area contributed by atoms with Gasteiger partial charge in [0.05, 0.1) is 21.5 Å². The molecule has 34 heavy (non-hydrogen) atoms. The Hall–Kier alpha value is -4.18. The number of aromatic nitrogens is 3. The lowest BCUT2D eigenvalue weighted by molar-refractivity contribution is 0.0697. The number of amides is 2. The van der Waals surface area contributed by atoms with Gasteiger partial charge in [-0.25, -0.2) is 14.6 Å². The van der Waals surface area contributed by atoms with Crippen LogP contribution in [0.3, 0.4) is 0 Å². The number of aromatic carboxylic acids is 1. The zero-order valence-electron chi connectivity index (χ0n) is 18.6. The van der Waals surface area contributed by atoms with E-state index in [4.69, 9.17) is 9.51 Å². The van der Waals surface area contributed by atoms with Gasteiger partial charge < -0.3 is 14.9 Å². The first kappa shape index (κ1) is 21.7. The molecular weight excluding hydrogens is 454 g/mol. The van der Waals surface area contributed by atoms with Gasteiger partial charge >= 0.3 is 12.0 Å². The van der Waals surface area contributed by atoms with E-state index in [1.165, 1.54) is 11.3 Å². The number of anilines is 2. The Morgan fingerprint density at radius 2 is 1.91 bits per heavy atom. The first-order valence-electron chi connectivity index (χ1n) is 10.5. The van der Waals surface area contributed by atoms with Crippen LogP contribution in [0, 0.1) is 0 Å². The van der Waals surface area contributed by atoms with E-state index in [9.17, 15) is 14.7 Å². The highest BCUT2D eigenvalue weighted by atomic mass is 32.1. The number of hydrogen-bond donors (Lipinski definition) is 3. The summed E-state index contributed by atoms with van der Waals surface area (Å²) in [5, 5.41) is 18.6. The second kappa shape index (κ2) is 7.99. The maximum Gasteiger partial charge on any atom is 0.335 e. The van der Waals surface area contributed by atoms with Crippen molar-refractivity contribution < 1.29 is 19.2 Å². The summed E-state index contributed by atoms with van der Waals surface area (Å²) in [5.41, 5.74) is 3.10. The number of nitrogens with zero attached hydrogens (tertiary/aromatic N) is 3. The van der Waals surface area contributed by atoms with Gasteiger partial charge in [-0.1, -0.05) is 49.4 Å². The highest BCUT2D eigenvalue weighted by Gasteiger charge is 2.20. The third-order valence-corrected chi connectivity index (χ3v) is 6.27. The summed E-state index contributed by atoms with van der Waals surface area (Å²) >= 11 is 1.42. The molecule has 0 aliphatic rings. The average Bonchev–Trinajstić information content (AvgIpc) is 3.47. The summed E-state index contributed by atoms with van der Waals surface area (Å²) in [7, 11) is 0. The van der Waals surface area contributed by atoms with Gasteiger partial charge in [0, 0.05) is 28.9 Å². The highest BCUT2D eigenvalue weighted by Crippen LogP contribution is 2.31. The first-order chi connectivity index (χ1) is 16.2. The molecule has 0 fully saturated rings. The third kappa shape index (κ3) is 4.11. The van der Waals surface area contributed by atoms with Gasteiger partial charge in [0.15, 0.2) is 10.8 Å². The van der Waals surface area contributed by atoms with Crippen molar-refractivity contribution in [2.75, 3.05) is 10.6 Å². The van der Waals surface area contributed by atoms with E-state index in [-0.39, 0.29) is 11.0 Å². The SMILES string of the molecule is CC(C)(C)c1cc(NC(=O)Nc2cccc(-c3cn4c(n3)sc3cc(C(=O)O)ccc34)c2)no1. The molecule has 0 aliphatic heterocycles. The Balaban J connectivity index is 1.35. The van der Waals surface area contributed by atoms with Gasteiger partial charge in [0.1, 0.15) is 5.76 Å². The normalized spacial score (nSPS) is 11.7. The number of carboxylic acid groups (broad SMARTS) is 1. The van der Waals surface area contributed by atoms with Crippen molar-refractivity contribution in [1.29, 1.82) is 0 Å². The molecule has 0 radical (unpaired) electrons. The number of carboxylic acids is 1. The van der Waals surface area contributed by atoms with E-state index >= 15 is 0 Å². The molecule has 2 amide bonds. The maximum absolute atomic E-state index is 12.4. The Bertz CT molecular complexity index is 1560. The summed E-state index contributed by atoms with van der Waals surface area (Å²) in [4.78, 5) is 29.1. The number of thiazole rings is 1. The van der Waals surface area contributed by atoms with Crippen molar-refractivity contribution in [2.45, 2.75) is 26.2 Å². The van der Waals surface area contributed by atoms with Gasteiger partial charge in [0.2, 0.25) is 0 Å². The fourth-order valence-corrected chi connectivity index (χ4v) is 4.54. The number of rotatable bonds is 4. The maximum atomic E-state index is 12.4. The Morgan fingerprint density at radius 1 is 1.09 bits per heavy atom. The molecule has 0 aliphatic carbocycles. The number of carbonyl (C=O) groups excluding carboxylic acids is 1. The summed E-state index contributed by atoms with van der Waals surface area (Å²) in [6, 6.07) is 13.7. The summed E-state index contributed by atoms with van der Waals surface area (Å²) in [5.74, 6) is 0.0577. The largest absolute Gasteiger partial charge is 0.478 e. The molecular formula is C24H21N5O4S. The minimum atomic E-state index is -0.958. The minimum absolute atomic E-state index is 0.208. The number of carbonyl (C=O) groups is 2. The van der Waals surface area contributed by atoms with Crippen molar-refractivity contribution in [3.8, 4) is 11.3 Å². The van der Waals surface area contributed by atoms with Crippen LogP contribution in [-0.2, 0) is 5.41 Å². The van der Waals surface area contributed by atoms with Gasteiger partial charge in [0.25, 0.3) is 0 Å². The second-order valence-corrected chi connectivity index (χ2v) is 9.86. The number of nitrogens with one attached hydrogen (secondary N) is 2. The van der Waals surface area contributed by atoms with Crippen LogP contribution < -0.4 is 10.6 Å². The molecule has 3 aromatic heterocycles. The summed E-state index contributed by atoms with van der Waals surface area (Å²) < 4.78 is 8.08. The molecule has 3 heterocycles. The van der Waals surface area contributed by atoms with Crippen LogP contribution in [0.4, 0.5) is 16.3 Å². The summed E-state index contributed by atoms with van der Waals surface area (Å²) in [6.07, 6.45) is 1.90. The molecule has 5 aromatic rings. The van der Waals surface area contributed by atoms with E-state index in [0.29, 0.717) is 17.3 Å². The minimum Gasteiger partial charge on any atom is -0.478 e. The van der Waals surface area contributed by atoms with Crippen molar-refractivity contribution in [3.63, 3.8) is 0 Å². The zero-order valence-corrected chi connectivity index (χ0v) is 19.4. The first-order valence-corrected chi connectivity index (χ1v) is 11.3. The number of hydrogen-bond acceptors (Lipinski definition) is 6. The fraction of sp³-hybridized carbons (Fsp3) is 0.167. The van der Waals surface area contributed by atoms with Crippen molar-refractivity contribution in [1.82, 2.24) is 14.5 Å². The standard InChI is InChI=1S/C24H21N5O4S/c1-24(2,3)19-11-20(28-33-19)27-22(32)25-15-6-4-5-13(9-15)16-12-29-17-8-7-14(21(30)31)10-18(17)34-23(29)26-16/h4-12H,1-3H3,(H,30,31)(H2,25,27,28,32). The smallest absolute Gasteiger partial charge is 0.335 e. The molecule has 0 bridgehead atoms. The van der Waals surface area contributed by atoms with Gasteiger partial charge in [-0.15, -0.1) is 0 Å². The monoisotopic (exact) mass is 475 g/mol. The van der Waals surface area contributed by atoms with Crippen molar-refractivity contribution in [2.24, 2.45) is 0 Å². The summed E-state index contributed by atoms with van der Waals surface area (Å²) in [6.45, 7) is 6.00. The quantitative estimate of drug-likeness (QED) is 0.300. The third-order valence-electron chi connectivity index (χ3n) is 5.25. The second-order valence-electron chi connectivity index (χ2n) is 8.85. The van der Waals surface area contributed by atoms with Crippen molar-refractivity contribution in [3.05, 3.63) is 66.1 Å². The van der Waals surface area contributed by atoms with Crippen LogP contribution in [0.1, 0.15) is 36.9 Å². The van der Waals surface area contributed by atoms with Gasteiger partial charge in [-0.2, -0.15) is 0 Å². The van der Waals surface area contributed by atoms with Crippen LogP contribution >= 0.6 is 11.3 Å². The van der Waals surface area contributed by atoms with E-state index in [1.807, 2.05) is 49.6 Å². The van der Waals surface area contributed by atoms with E-state index in [1.54, 1.807) is 30.3 Å². The van der Waals surface area contributed by atoms with E-state index < -0.39 is 12.0 Å². The van der Waals surface area contributed by atoms with Gasteiger partial charge in [-0.05, 0) is 30.3 Å². The topological polar surface area (TPSA) is 122 Å². The molecule has 0 unspecified atom stereocenters. The lowest BCUT2D eigenvalue weighted by Crippen LogP contribution is -2.19. The van der Waals surface area contributed by atoms with Crippen LogP contribution in [0.15, 0.2) is 59.3 Å². The van der Waals surface area contributed by atoms with Gasteiger partial charge in [-0.3, -0.25) is 9.72 Å². The molecule has 172 valence electrons. The Labute approximate surface area is 198 Å². The van der Waals surface area contributed by atoms with Crippen LogP contribution in [0.5, 0.6) is 0 Å². The van der Waals surface area contributed by atoms with E-state index in [0.717, 1.165) is 26.4 Å². The molecule has 0 spiro atoms. The number of benzene rings is 2. The van der Waals surface area contributed by atoms with E-state index in [2.05, 4.69) is 15.8 Å². The lowest BCUT2D eigenvalue weighted by atomic mass is 9.93. The highest BCUT2D eigenvalue weighted by molar-refractivity contribution is 7.23. The fourth-order valence-electron chi connectivity index (χ4n) is 3.50. The predicted molar refractivity (Wildman–Crippen MR) is 131 cm³/mol. The average molecular weight is 476 g/mol. The predicted octanol–water partition coefficient (Wildman–Crippen LogP) is 5.84. The number of imidazole rings is 1. The molecule has 0 atom stereocenters. The Kier molecular flexibility index (Phi) is 5.09. The Morgan fingerprint density at radius 3 is 2.65 bits per heavy atom. The van der Waals surface area contributed by atoms with Crippen LogP contribution in [0.25, 0.3) is 26.4 Å².